The maximum Gasteiger partial charge on any atom is 0.283 e. The van der Waals surface area contributed by atoms with E-state index < -0.39 is 23.4 Å². The van der Waals surface area contributed by atoms with Crippen LogP contribution >= 0.6 is 11.6 Å². The highest BCUT2D eigenvalue weighted by molar-refractivity contribution is 6.31. The number of halogens is 2. The second-order valence-electron chi connectivity index (χ2n) is 4.41. The van der Waals surface area contributed by atoms with Gasteiger partial charge in [0.15, 0.2) is 11.6 Å². The molecule has 1 amide bonds. The van der Waals surface area contributed by atoms with Gasteiger partial charge in [0.2, 0.25) is 0 Å². The maximum absolute atomic E-state index is 14.3. The van der Waals surface area contributed by atoms with Gasteiger partial charge in [-0.25, -0.2) is 9.24 Å². The van der Waals surface area contributed by atoms with Crippen molar-refractivity contribution in [3.63, 3.8) is 0 Å². The molecule has 116 valence electrons. The largest absolute Gasteiger partial charge is 0.507 e. The van der Waals surface area contributed by atoms with Crippen LogP contribution in [0.1, 0.15) is 10.4 Å². The van der Waals surface area contributed by atoms with E-state index in [1.807, 2.05) is 0 Å². The van der Waals surface area contributed by atoms with E-state index in [4.69, 9.17) is 29.6 Å². The molecule has 0 atom stereocenters. The molecule has 2 aromatic carbocycles. The van der Waals surface area contributed by atoms with Gasteiger partial charge in [-0.05, 0) is 12.1 Å². The number of aromatic hydroxyl groups is 1. The molecule has 23 heavy (non-hydrogen) atoms. The van der Waals surface area contributed by atoms with Gasteiger partial charge in [-0.3, -0.25) is 4.79 Å². The number of carbonyl (C=O) groups is 1. The zero-order valence-corrected chi connectivity index (χ0v) is 12.3. The van der Waals surface area contributed by atoms with Crippen molar-refractivity contribution < 1.29 is 14.3 Å². The molecule has 0 aromatic heterocycles. The Morgan fingerprint density at radius 3 is 2.61 bits per heavy atom. The van der Waals surface area contributed by atoms with E-state index in [-0.39, 0.29) is 27.4 Å². The minimum absolute atomic E-state index is 0.0573. The van der Waals surface area contributed by atoms with Crippen LogP contribution in [0.2, 0.25) is 5.02 Å². The Morgan fingerprint density at radius 2 is 2.00 bits per heavy atom. The first kappa shape index (κ1) is 16.3. The average molecular weight is 333 g/mol. The number of phenolic OH excluding ortho intramolecular Hbond substituents is 1. The number of nitrogens with two attached hydrogens (primary N) is 2. The van der Waals surface area contributed by atoms with E-state index >= 15 is 0 Å². The number of amides is 1. The van der Waals surface area contributed by atoms with Gasteiger partial charge in [-0.15, -0.1) is 0 Å². The molecule has 0 unspecified atom stereocenters. The molecule has 0 spiro atoms. The number of nitrogens with zero attached hydrogens (tertiary/aromatic N) is 2. The van der Waals surface area contributed by atoms with Crippen molar-refractivity contribution in [3.8, 4) is 16.9 Å². The van der Waals surface area contributed by atoms with E-state index in [2.05, 4.69) is 9.84 Å². The SMILES string of the molecule is [C-]#[N+]c1ccc(O)c(C(=O)N=C(N)N)c1-c1cccc(Cl)c1F. The molecule has 0 heterocycles. The molecular formula is C15H10ClFN4O2. The number of aliphatic imine (C=N–C) groups is 1. The Bertz CT molecular complexity index is 871. The monoisotopic (exact) mass is 332 g/mol. The first-order valence-electron chi connectivity index (χ1n) is 6.18. The van der Waals surface area contributed by atoms with Crippen LogP contribution < -0.4 is 11.5 Å². The zero-order valence-electron chi connectivity index (χ0n) is 11.5. The maximum atomic E-state index is 14.3. The molecule has 0 aliphatic heterocycles. The molecule has 5 N–H and O–H groups in total. The first-order valence-corrected chi connectivity index (χ1v) is 6.56. The third kappa shape index (κ3) is 3.07. The van der Waals surface area contributed by atoms with Crippen molar-refractivity contribution in [2.45, 2.75) is 0 Å². The highest BCUT2D eigenvalue weighted by Gasteiger charge is 2.23. The van der Waals surface area contributed by atoms with Gasteiger partial charge in [-0.1, -0.05) is 29.8 Å². The third-order valence-electron chi connectivity index (χ3n) is 2.95. The van der Waals surface area contributed by atoms with Crippen LogP contribution in [0.4, 0.5) is 10.1 Å². The first-order chi connectivity index (χ1) is 10.9. The van der Waals surface area contributed by atoms with Crippen molar-refractivity contribution in [2.24, 2.45) is 16.5 Å². The highest BCUT2D eigenvalue weighted by Crippen LogP contribution is 2.41. The standard InChI is InChI=1S/C15H10ClFN4O2/c1-20-9-5-6-10(22)12(14(23)21-15(18)19)11(9)7-3-2-4-8(16)13(7)17/h2-6,22H,(H4,18,19,21,23). The van der Waals surface area contributed by atoms with Crippen molar-refractivity contribution >= 4 is 29.2 Å². The van der Waals surface area contributed by atoms with Crippen molar-refractivity contribution in [3.05, 3.63) is 58.2 Å². The normalized spacial score (nSPS) is 9.96. The molecule has 0 saturated heterocycles. The van der Waals surface area contributed by atoms with Gasteiger partial charge in [0, 0.05) is 11.1 Å². The van der Waals surface area contributed by atoms with E-state index in [0.717, 1.165) is 6.07 Å². The molecule has 2 aromatic rings. The Balaban J connectivity index is 2.88. The number of phenols is 1. The van der Waals surface area contributed by atoms with Crippen molar-refractivity contribution in [2.75, 3.05) is 0 Å². The third-order valence-corrected chi connectivity index (χ3v) is 3.24. The fraction of sp³-hybridized carbons (Fsp3) is 0. The summed E-state index contributed by atoms with van der Waals surface area (Å²) in [6.45, 7) is 7.20. The number of benzene rings is 2. The Hall–Kier alpha value is -3.11. The van der Waals surface area contributed by atoms with Gasteiger partial charge in [0.1, 0.15) is 11.6 Å². The summed E-state index contributed by atoms with van der Waals surface area (Å²) in [5.74, 6) is -2.84. The van der Waals surface area contributed by atoms with E-state index in [0.29, 0.717) is 0 Å². The lowest BCUT2D eigenvalue weighted by Gasteiger charge is -2.12. The lowest BCUT2D eigenvalue weighted by Crippen LogP contribution is -2.24. The molecule has 0 bridgehead atoms. The minimum atomic E-state index is -0.998. The fourth-order valence-electron chi connectivity index (χ4n) is 2.03. The summed E-state index contributed by atoms with van der Waals surface area (Å²) in [5.41, 5.74) is 9.64. The Labute approximate surface area is 135 Å². The summed E-state index contributed by atoms with van der Waals surface area (Å²) in [6.07, 6.45) is 0. The topological polar surface area (TPSA) is 106 Å². The second-order valence-corrected chi connectivity index (χ2v) is 4.82. The van der Waals surface area contributed by atoms with Crippen LogP contribution in [-0.4, -0.2) is 17.0 Å². The van der Waals surface area contributed by atoms with Crippen LogP contribution in [0.5, 0.6) is 5.75 Å². The number of guanidine groups is 1. The highest BCUT2D eigenvalue weighted by atomic mass is 35.5. The molecule has 0 aliphatic carbocycles. The Morgan fingerprint density at radius 1 is 1.30 bits per heavy atom. The van der Waals surface area contributed by atoms with Gasteiger partial charge in [-0.2, -0.15) is 4.99 Å². The lowest BCUT2D eigenvalue weighted by molar-refractivity contribution is 0.100. The molecule has 2 rings (SSSR count). The summed E-state index contributed by atoms with van der Waals surface area (Å²) < 4.78 is 14.3. The van der Waals surface area contributed by atoms with Crippen LogP contribution in [0, 0.1) is 12.4 Å². The second kappa shape index (κ2) is 6.34. The quantitative estimate of drug-likeness (QED) is 0.446. The van der Waals surface area contributed by atoms with E-state index in [9.17, 15) is 14.3 Å². The number of rotatable bonds is 2. The molecule has 8 heteroatoms. The molecule has 0 fully saturated rings. The van der Waals surface area contributed by atoms with Gasteiger partial charge in [0.05, 0.1) is 17.2 Å². The number of carbonyl (C=O) groups excluding carboxylic acids is 1. The number of hydrogen-bond donors (Lipinski definition) is 3. The van der Waals surface area contributed by atoms with Gasteiger partial charge >= 0.3 is 0 Å². The number of hydrogen-bond acceptors (Lipinski definition) is 2. The minimum Gasteiger partial charge on any atom is -0.507 e. The lowest BCUT2D eigenvalue weighted by atomic mass is 9.96. The fourth-order valence-corrected chi connectivity index (χ4v) is 2.21. The van der Waals surface area contributed by atoms with Crippen LogP contribution in [0.25, 0.3) is 16.0 Å². The van der Waals surface area contributed by atoms with Crippen molar-refractivity contribution in [1.82, 2.24) is 0 Å². The van der Waals surface area contributed by atoms with Crippen molar-refractivity contribution in [1.29, 1.82) is 0 Å². The van der Waals surface area contributed by atoms with Crippen LogP contribution in [-0.2, 0) is 0 Å². The Kier molecular flexibility index (Phi) is 4.48. The molecule has 0 aliphatic rings. The summed E-state index contributed by atoms with van der Waals surface area (Å²) in [5, 5.41) is 9.79. The molecule has 0 radical (unpaired) electrons. The van der Waals surface area contributed by atoms with E-state index in [1.54, 1.807) is 0 Å². The summed E-state index contributed by atoms with van der Waals surface area (Å²) in [6, 6.07) is 6.49. The molecular weight excluding hydrogens is 323 g/mol. The van der Waals surface area contributed by atoms with Gasteiger partial charge < -0.3 is 16.6 Å². The average Bonchev–Trinajstić information content (AvgIpc) is 2.49. The predicted octanol–water partition coefficient (Wildman–Crippen LogP) is 2.82. The summed E-state index contributed by atoms with van der Waals surface area (Å²) in [7, 11) is 0. The zero-order chi connectivity index (χ0) is 17.1. The van der Waals surface area contributed by atoms with Crippen LogP contribution in [0.15, 0.2) is 35.3 Å². The summed E-state index contributed by atoms with van der Waals surface area (Å²) in [4.78, 5) is 18.8. The predicted molar refractivity (Wildman–Crippen MR) is 84.9 cm³/mol. The molecule has 0 saturated carbocycles. The summed E-state index contributed by atoms with van der Waals surface area (Å²) >= 11 is 5.75. The molecule has 6 nitrogen and oxygen atoms in total. The van der Waals surface area contributed by atoms with E-state index in [1.165, 1.54) is 24.3 Å². The van der Waals surface area contributed by atoms with Crippen LogP contribution in [0.3, 0.4) is 0 Å². The smallest absolute Gasteiger partial charge is 0.283 e. The van der Waals surface area contributed by atoms with Gasteiger partial charge in [0.25, 0.3) is 5.91 Å².